The third kappa shape index (κ3) is 5.44. The second-order valence-corrected chi connectivity index (χ2v) is 6.98. The van der Waals surface area contributed by atoms with Gasteiger partial charge >= 0.3 is 5.97 Å². The first-order valence-electron chi connectivity index (χ1n) is 9.54. The van der Waals surface area contributed by atoms with E-state index in [2.05, 4.69) is 5.32 Å². The molecule has 6 heteroatoms. The number of hydrogen-bond acceptors (Lipinski definition) is 4. The minimum Gasteiger partial charge on any atom is -0.457 e. The molecule has 30 heavy (non-hydrogen) atoms. The Hall–Kier alpha value is -3.67. The monoisotopic (exact) mass is 407 g/mol. The van der Waals surface area contributed by atoms with Gasteiger partial charge in [-0.1, -0.05) is 44.2 Å². The number of benzene rings is 3. The standard InChI is InChI=1S/C24H22FNO4/c1-16(2)22(26-23(27)20-10-6-7-11-21(20)25)24(28)30-19-14-12-18(13-15-19)29-17-8-4-3-5-9-17/h3-16,22H,1-2H3,(H,26,27)/t22-/m0/s1. The molecule has 3 rings (SSSR count). The molecule has 0 bridgehead atoms. The lowest BCUT2D eigenvalue weighted by molar-refractivity contribution is -0.137. The maximum absolute atomic E-state index is 13.8. The molecular weight excluding hydrogens is 385 g/mol. The topological polar surface area (TPSA) is 64.6 Å². The fraction of sp³-hybridized carbons (Fsp3) is 0.167. The summed E-state index contributed by atoms with van der Waals surface area (Å²) in [6.45, 7) is 3.54. The Morgan fingerprint density at radius 1 is 0.800 bits per heavy atom. The number of halogens is 1. The molecule has 0 aliphatic carbocycles. The predicted octanol–water partition coefficient (Wildman–Crippen LogP) is 4.98. The highest BCUT2D eigenvalue weighted by molar-refractivity contribution is 5.97. The van der Waals surface area contributed by atoms with Gasteiger partial charge in [0.1, 0.15) is 29.1 Å². The molecule has 3 aromatic rings. The molecule has 0 aliphatic heterocycles. The van der Waals surface area contributed by atoms with Gasteiger partial charge in [0.15, 0.2) is 0 Å². The molecule has 0 aliphatic rings. The average Bonchev–Trinajstić information content (AvgIpc) is 2.74. The number of hydrogen-bond donors (Lipinski definition) is 1. The summed E-state index contributed by atoms with van der Waals surface area (Å²) in [7, 11) is 0. The highest BCUT2D eigenvalue weighted by Gasteiger charge is 2.27. The van der Waals surface area contributed by atoms with Crippen molar-refractivity contribution >= 4 is 11.9 Å². The Morgan fingerprint density at radius 2 is 1.37 bits per heavy atom. The van der Waals surface area contributed by atoms with E-state index in [0.717, 1.165) is 0 Å². The quantitative estimate of drug-likeness (QED) is 0.443. The molecule has 0 aromatic heterocycles. The first-order chi connectivity index (χ1) is 14.4. The van der Waals surface area contributed by atoms with Crippen LogP contribution >= 0.6 is 0 Å². The summed E-state index contributed by atoms with van der Waals surface area (Å²) in [6, 6.07) is 20.5. The first kappa shape index (κ1) is 21.0. The van der Waals surface area contributed by atoms with E-state index in [-0.39, 0.29) is 11.5 Å². The van der Waals surface area contributed by atoms with Crippen LogP contribution in [0.25, 0.3) is 0 Å². The van der Waals surface area contributed by atoms with Crippen molar-refractivity contribution in [1.82, 2.24) is 5.32 Å². The zero-order chi connectivity index (χ0) is 21.5. The van der Waals surface area contributed by atoms with Gasteiger partial charge in [-0.25, -0.2) is 9.18 Å². The van der Waals surface area contributed by atoms with E-state index in [9.17, 15) is 14.0 Å². The molecule has 0 fully saturated rings. The average molecular weight is 407 g/mol. The van der Waals surface area contributed by atoms with Crippen molar-refractivity contribution < 1.29 is 23.5 Å². The molecule has 1 atom stereocenters. The van der Waals surface area contributed by atoms with Crippen LogP contribution in [0.4, 0.5) is 4.39 Å². The summed E-state index contributed by atoms with van der Waals surface area (Å²) in [5.74, 6) is -0.617. The van der Waals surface area contributed by atoms with Crippen molar-refractivity contribution in [1.29, 1.82) is 0 Å². The Kier molecular flexibility index (Phi) is 6.80. The van der Waals surface area contributed by atoms with Crippen molar-refractivity contribution in [3.63, 3.8) is 0 Å². The third-order valence-corrected chi connectivity index (χ3v) is 4.35. The Morgan fingerprint density at radius 3 is 2.00 bits per heavy atom. The van der Waals surface area contributed by atoms with Crippen LogP contribution in [0.5, 0.6) is 17.2 Å². The second-order valence-electron chi connectivity index (χ2n) is 6.98. The van der Waals surface area contributed by atoms with Crippen molar-refractivity contribution in [2.24, 2.45) is 5.92 Å². The van der Waals surface area contributed by atoms with Crippen LogP contribution in [0, 0.1) is 11.7 Å². The first-order valence-corrected chi connectivity index (χ1v) is 9.54. The molecule has 5 nitrogen and oxygen atoms in total. The lowest BCUT2D eigenvalue weighted by Crippen LogP contribution is -2.46. The van der Waals surface area contributed by atoms with Crippen LogP contribution < -0.4 is 14.8 Å². The van der Waals surface area contributed by atoms with Gasteiger partial charge < -0.3 is 14.8 Å². The summed E-state index contributed by atoms with van der Waals surface area (Å²) in [5, 5.41) is 2.56. The molecule has 0 radical (unpaired) electrons. The van der Waals surface area contributed by atoms with Gasteiger partial charge in [-0.15, -0.1) is 0 Å². The fourth-order valence-electron chi connectivity index (χ4n) is 2.74. The molecule has 0 heterocycles. The molecule has 154 valence electrons. The summed E-state index contributed by atoms with van der Waals surface area (Å²) in [4.78, 5) is 25.0. The lowest BCUT2D eigenvalue weighted by Gasteiger charge is -2.21. The summed E-state index contributed by atoms with van der Waals surface area (Å²) in [5.41, 5.74) is -0.127. The number of ether oxygens (including phenoxy) is 2. The minimum atomic E-state index is -0.933. The highest BCUT2D eigenvalue weighted by atomic mass is 19.1. The lowest BCUT2D eigenvalue weighted by atomic mass is 10.0. The third-order valence-electron chi connectivity index (χ3n) is 4.35. The molecule has 3 aromatic carbocycles. The maximum Gasteiger partial charge on any atom is 0.334 e. The van der Waals surface area contributed by atoms with E-state index in [1.165, 1.54) is 18.2 Å². The minimum absolute atomic E-state index is 0.127. The number of para-hydroxylation sites is 1. The Bertz CT molecular complexity index is 1000. The Balaban J connectivity index is 1.65. The van der Waals surface area contributed by atoms with Crippen LogP contribution in [-0.2, 0) is 4.79 Å². The van der Waals surface area contributed by atoms with Gasteiger partial charge in [0.25, 0.3) is 5.91 Å². The fourth-order valence-corrected chi connectivity index (χ4v) is 2.74. The van der Waals surface area contributed by atoms with E-state index >= 15 is 0 Å². The SMILES string of the molecule is CC(C)[C@H](NC(=O)c1ccccc1F)C(=O)Oc1ccc(Oc2ccccc2)cc1. The van der Waals surface area contributed by atoms with E-state index < -0.39 is 23.7 Å². The van der Waals surface area contributed by atoms with Gasteiger partial charge in [-0.05, 0) is 54.4 Å². The van der Waals surface area contributed by atoms with Crippen molar-refractivity contribution in [3.8, 4) is 17.2 Å². The summed E-state index contributed by atoms with van der Waals surface area (Å²) in [6.07, 6.45) is 0. The van der Waals surface area contributed by atoms with Crippen LogP contribution in [0.3, 0.4) is 0 Å². The molecule has 1 N–H and O–H groups in total. The van der Waals surface area contributed by atoms with E-state index in [1.54, 1.807) is 44.2 Å². The van der Waals surface area contributed by atoms with Crippen LogP contribution in [0.15, 0.2) is 78.9 Å². The number of nitrogens with one attached hydrogen (secondary N) is 1. The number of esters is 1. The number of carbonyl (C=O) groups excluding carboxylic acids is 2. The summed E-state index contributed by atoms with van der Waals surface area (Å²) >= 11 is 0. The van der Waals surface area contributed by atoms with Gasteiger partial charge in [0.2, 0.25) is 0 Å². The smallest absolute Gasteiger partial charge is 0.334 e. The second kappa shape index (κ2) is 9.69. The zero-order valence-electron chi connectivity index (χ0n) is 16.7. The van der Waals surface area contributed by atoms with Crippen LogP contribution in [0.1, 0.15) is 24.2 Å². The van der Waals surface area contributed by atoms with Gasteiger partial charge in [-0.2, -0.15) is 0 Å². The highest BCUT2D eigenvalue weighted by Crippen LogP contribution is 2.24. The molecule has 0 saturated heterocycles. The Labute approximate surface area is 174 Å². The molecular formula is C24H22FNO4. The largest absolute Gasteiger partial charge is 0.457 e. The van der Waals surface area contributed by atoms with E-state index in [1.807, 2.05) is 30.3 Å². The molecule has 1 amide bonds. The maximum atomic E-state index is 13.8. The molecule has 0 unspecified atom stereocenters. The van der Waals surface area contributed by atoms with Crippen molar-refractivity contribution in [2.75, 3.05) is 0 Å². The van der Waals surface area contributed by atoms with E-state index in [0.29, 0.717) is 17.2 Å². The summed E-state index contributed by atoms with van der Waals surface area (Å²) < 4.78 is 25.0. The predicted molar refractivity (Wildman–Crippen MR) is 111 cm³/mol. The van der Waals surface area contributed by atoms with Crippen LogP contribution in [-0.4, -0.2) is 17.9 Å². The molecule has 0 spiro atoms. The normalized spacial score (nSPS) is 11.6. The van der Waals surface area contributed by atoms with Gasteiger partial charge in [0, 0.05) is 0 Å². The number of rotatable bonds is 7. The zero-order valence-corrected chi connectivity index (χ0v) is 16.7. The van der Waals surface area contributed by atoms with Gasteiger partial charge in [0.05, 0.1) is 5.56 Å². The molecule has 0 saturated carbocycles. The number of amides is 1. The number of carbonyl (C=O) groups is 2. The van der Waals surface area contributed by atoms with E-state index in [4.69, 9.17) is 9.47 Å². The van der Waals surface area contributed by atoms with Crippen molar-refractivity contribution in [3.05, 3.63) is 90.2 Å². The van der Waals surface area contributed by atoms with Crippen molar-refractivity contribution in [2.45, 2.75) is 19.9 Å². The van der Waals surface area contributed by atoms with Crippen LogP contribution in [0.2, 0.25) is 0 Å². The van der Waals surface area contributed by atoms with Gasteiger partial charge in [-0.3, -0.25) is 4.79 Å².